The number of esters is 1. The molecule has 4 atom stereocenters. The molecule has 2 bridgehead atoms. The van der Waals surface area contributed by atoms with Gasteiger partial charge in [0, 0.05) is 6.54 Å². The van der Waals surface area contributed by atoms with Crippen LogP contribution in [0.1, 0.15) is 22.3 Å². The second kappa shape index (κ2) is 6.53. The normalized spacial score (nSPS) is 28.5. The summed E-state index contributed by atoms with van der Waals surface area (Å²) in [6.07, 6.45) is 5.28. The van der Waals surface area contributed by atoms with E-state index in [9.17, 15) is 14.4 Å². The van der Waals surface area contributed by atoms with Crippen molar-refractivity contribution in [2.45, 2.75) is 18.6 Å². The van der Waals surface area contributed by atoms with Crippen LogP contribution in [0.5, 0.6) is 0 Å². The lowest BCUT2D eigenvalue weighted by molar-refractivity contribution is -0.142. The Morgan fingerprint density at radius 1 is 1.12 bits per heavy atom. The van der Waals surface area contributed by atoms with E-state index in [4.69, 9.17) is 9.47 Å². The Kier molecular flexibility index (Phi) is 4.20. The van der Waals surface area contributed by atoms with Gasteiger partial charge >= 0.3 is 5.97 Å². The summed E-state index contributed by atoms with van der Waals surface area (Å²) in [5, 5.41) is 0. The maximum atomic E-state index is 12.5. The van der Waals surface area contributed by atoms with Gasteiger partial charge in [0.2, 0.25) is 11.8 Å². The van der Waals surface area contributed by atoms with Gasteiger partial charge in [-0.2, -0.15) is 0 Å². The lowest BCUT2D eigenvalue weighted by atomic mass is 9.85. The van der Waals surface area contributed by atoms with Gasteiger partial charge in [0.15, 0.2) is 0 Å². The first-order chi connectivity index (χ1) is 12.6. The van der Waals surface area contributed by atoms with E-state index in [1.165, 1.54) is 4.90 Å². The molecular formula is C20H19NO5. The van der Waals surface area contributed by atoms with Crippen molar-refractivity contribution in [3.63, 3.8) is 0 Å². The zero-order chi connectivity index (χ0) is 18.3. The van der Waals surface area contributed by atoms with Crippen LogP contribution >= 0.6 is 0 Å². The van der Waals surface area contributed by atoms with Gasteiger partial charge in [-0.05, 0) is 24.1 Å². The molecule has 2 saturated heterocycles. The maximum absolute atomic E-state index is 12.5. The van der Waals surface area contributed by atoms with Gasteiger partial charge in [-0.15, -0.1) is 0 Å². The predicted octanol–water partition coefficient (Wildman–Crippen LogP) is 1.81. The van der Waals surface area contributed by atoms with Crippen LogP contribution in [0.2, 0.25) is 0 Å². The van der Waals surface area contributed by atoms with Gasteiger partial charge in [-0.25, -0.2) is 4.79 Å². The minimum absolute atomic E-state index is 0.149. The average Bonchev–Trinajstić information content (AvgIpc) is 3.34. The summed E-state index contributed by atoms with van der Waals surface area (Å²) in [5.41, 5.74) is 1.38. The number of hydrogen-bond donors (Lipinski definition) is 0. The fourth-order valence-corrected chi connectivity index (χ4v) is 3.81. The van der Waals surface area contributed by atoms with Crippen molar-refractivity contribution in [2.75, 3.05) is 13.2 Å². The van der Waals surface area contributed by atoms with Crippen molar-refractivity contribution >= 4 is 23.9 Å². The predicted molar refractivity (Wildman–Crippen MR) is 92.9 cm³/mol. The molecule has 3 aliphatic heterocycles. The van der Waals surface area contributed by atoms with Crippen LogP contribution in [0, 0.1) is 11.8 Å². The lowest BCUT2D eigenvalue weighted by Crippen LogP contribution is -2.35. The van der Waals surface area contributed by atoms with E-state index in [0.717, 1.165) is 5.56 Å². The fraction of sp³-hybridized carbons (Fsp3) is 0.350. The molecule has 1 aromatic rings. The number of likely N-dealkylation sites (tertiary alicyclic amines) is 1. The lowest BCUT2D eigenvalue weighted by Gasteiger charge is -2.17. The van der Waals surface area contributed by atoms with Crippen LogP contribution in [-0.4, -0.2) is 48.0 Å². The molecule has 0 aliphatic carbocycles. The SMILES string of the molecule is C=Cc1ccc(C(=O)OCCCN2C(=O)C3C4C=CC(O4)C3C2=O)cc1. The maximum Gasteiger partial charge on any atom is 0.338 e. The van der Waals surface area contributed by atoms with Crippen LogP contribution in [0.15, 0.2) is 43.0 Å². The molecule has 6 heteroatoms. The number of benzene rings is 1. The van der Waals surface area contributed by atoms with Gasteiger partial charge < -0.3 is 9.47 Å². The van der Waals surface area contributed by atoms with Gasteiger partial charge in [0.05, 0.1) is 36.2 Å². The Balaban J connectivity index is 1.27. The number of carbonyl (C=O) groups is 3. The number of carbonyl (C=O) groups excluding carboxylic acids is 3. The number of rotatable bonds is 6. The molecule has 0 saturated carbocycles. The quantitative estimate of drug-likeness (QED) is 0.338. The Hall–Kier alpha value is -2.73. The molecule has 6 nitrogen and oxygen atoms in total. The van der Waals surface area contributed by atoms with Crippen LogP contribution in [0.3, 0.4) is 0 Å². The molecular weight excluding hydrogens is 334 g/mol. The number of imide groups is 1. The minimum atomic E-state index is -0.424. The Labute approximate surface area is 151 Å². The Morgan fingerprint density at radius 3 is 2.31 bits per heavy atom. The van der Waals surface area contributed by atoms with Gasteiger partial charge in [0.25, 0.3) is 0 Å². The molecule has 2 fully saturated rings. The molecule has 0 aromatic heterocycles. The number of hydrogen-bond acceptors (Lipinski definition) is 5. The molecule has 4 rings (SSSR count). The number of ether oxygens (including phenoxy) is 2. The molecule has 134 valence electrons. The zero-order valence-corrected chi connectivity index (χ0v) is 14.2. The fourth-order valence-electron chi connectivity index (χ4n) is 3.81. The highest BCUT2D eigenvalue weighted by molar-refractivity contribution is 6.06. The molecule has 26 heavy (non-hydrogen) atoms. The van der Waals surface area contributed by atoms with E-state index in [0.29, 0.717) is 12.0 Å². The van der Waals surface area contributed by atoms with Gasteiger partial charge in [0.1, 0.15) is 0 Å². The van der Waals surface area contributed by atoms with Crippen molar-refractivity contribution in [3.05, 3.63) is 54.1 Å². The first-order valence-corrected chi connectivity index (χ1v) is 8.69. The highest BCUT2D eigenvalue weighted by atomic mass is 16.5. The van der Waals surface area contributed by atoms with Crippen molar-refractivity contribution in [2.24, 2.45) is 11.8 Å². The second-order valence-electron chi connectivity index (χ2n) is 6.65. The van der Waals surface area contributed by atoms with Crippen molar-refractivity contribution < 1.29 is 23.9 Å². The van der Waals surface area contributed by atoms with E-state index in [-0.39, 0.29) is 49.0 Å². The summed E-state index contributed by atoms with van der Waals surface area (Å²) in [5.74, 6) is -1.55. The third-order valence-electron chi connectivity index (χ3n) is 5.14. The first-order valence-electron chi connectivity index (χ1n) is 8.69. The average molecular weight is 353 g/mol. The van der Waals surface area contributed by atoms with E-state index >= 15 is 0 Å². The smallest absolute Gasteiger partial charge is 0.338 e. The Morgan fingerprint density at radius 2 is 1.73 bits per heavy atom. The Bertz CT molecular complexity index is 767. The van der Waals surface area contributed by atoms with E-state index in [2.05, 4.69) is 6.58 Å². The summed E-state index contributed by atoms with van der Waals surface area (Å²) in [6, 6.07) is 6.93. The summed E-state index contributed by atoms with van der Waals surface area (Å²) in [6.45, 7) is 4.07. The molecule has 4 unspecified atom stereocenters. The number of amides is 2. The van der Waals surface area contributed by atoms with Gasteiger partial charge in [-0.3, -0.25) is 14.5 Å². The van der Waals surface area contributed by atoms with Crippen LogP contribution in [0.4, 0.5) is 0 Å². The molecule has 3 heterocycles. The van der Waals surface area contributed by atoms with Crippen molar-refractivity contribution in [1.82, 2.24) is 4.90 Å². The molecule has 0 N–H and O–H groups in total. The summed E-state index contributed by atoms with van der Waals surface area (Å²) in [7, 11) is 0. The molecule has 3 aliphatic rings. The van der Waals surface area contributed by atoms with Crippen molar-refractivity contribution in [3.8, 4) is 0 Å². The van der Waals surface area contributed by atoms with Crippen LogP contribution in [0.25, 0.3) is 6.08 Å². The largest absolute Gasteiger partial charge is 0.462 e. The number of nitrogens with zero attached hydrogens (tertiary/aromatic N) is 1. The molecule has 2 amide bonds. The molecule has 0 radical (unpaired) electrons. The van der Waals surface area contributed by atoms with Crippen LogP contribution in [-0.2, 0) is 19.1 Å². The second-order valence-corrected chi connectivity index (χ2v) is 6.65. The first kappa shape index (κ1) is 16.7. The highest BCUT2D eigenvalue weighted by Crippen LogP contribution is 2.44. The molecule has 1 aromatic carbocycles. The zero-order valence-electron chi connectivity index (χ0n) is 14.2. The summed E-state index contributed by atoms with van der Waals surface area (Å²) < 4.78 is 10.8. The topological polar surface area (TPSA) is 72.9 Å². The van der Waals surface area contributed by atoms with E-state index in [1.54, 1.807) is 30.3 Å². The van der Waals surface area contributed by atoms with Crippen molar-refractivity contribution in [1.29, 1.82) is 0 Å². The van der Waals surface area contributed by atoms with Gasteiger partial charge in [-0.1, -0.05) is 36.9 Å². The molecule has 0 spiro atoms. The van der Waals surface area contributed by atoms with Crippen LogP contribution < -0.4 is 0 Å². The summed E-state index contributed by atoms with van der Waals surface area (Å²) in [4.78, 5) is 38.2. The summed E-state index contributed by atoms with van der Waals surface area (Å²) >= 11 is 0. The van der Waals surface area contributed by atoms with E-state index < -0.39 is 5.97 Å². The van der Waals surface area contributed by atoms with E-state index in [1.807, 2.05) is 12.2 Å². The monoisotopic (exact) mass is 353 g/mol. The minimum Gasteiger partial charge on any atom is -0.462 e. The standard InChI is InChI=1S/C20H19NO5/c1-2-12-4-6-13(7-5-12)20(24)25-11-3-10-21-18(22)16-14-8-9-15(26-14)17(16)19(21)23/h2,4-9,14-17H,1,3,10-11H2. The highest BCUT2D eigenvalue weighted by Gasteiger charge is 2.60. The number of fused-ring (bicyclic) bond motifs is 5. The third-order valence-corrected chi connectivity index (χ3v) is 5.14. The third kappa shape index (κ3) is 2.66.